The van der Waals surface area contributed by atoms with Crippen molar-refractivity contribution in [2.45, 2.75) is 17.9 Å². The minimum Gasteiger partial charge on any atom is -0.496 e. The Morgan fingerprint density at radius 2 is 1.88 bits per heavy atom. The predicted molar refractivity (Wildman–Crippen MR) is 101 cm³/mol. The van der Waals surface area contributed by atoms with Crippen LogP contribution < -0.4 is 9.46 Å². The minimum atomic E-state index is -3.63. The fourth-order valence-electron chi connectivity index (χ4n) is 2.61. The standard InChI is InChI=1S/C18H23ClN2O3S/c1-13-11-14(9-10-18(13)24-4)25(22,23)20-12-17(21(2)3)15-7-5-6-8-16(15)19/h5-11,17,20H,12H2,1-4H3. The van der Waals surface area contributed by atoms with Gasteiger partial charge in [0.25, 0.3) is 0 Å². The monoisotopic (exact) mass is 382 g/mol. The second kappa shape index (κ2) is 8.19. The molecular formula is C18H23ClN2O3S. The van der Waals surface area contributed by atoms with Gasteiger partial charge in [-0.3, -0.25) is 0 Å². The van der Waals surface area contributed by atoms with Gasteiger partial charge in [-0.25, -0.2) is 13.1 Å². The van der Waals surface area contributed by atoms with E-state index in [1.165, 1.54) is 6.07 Å². The van der Waals surface area contributed by atoms with Crippen molar-refractivity contribution in [2.24, 2.45) is 0 Å². The molecule has 0 saturated carbocycles. The van der Waals surface area contributed by atoms with Crippen molar-refractivity contribution < 1.29 is 13.2 Å². The van der Waals surface area contributed by atoms with E-state index in [1.54, 1.807) is 25.3 Å². The van der Waals surface area contributed by atoms with Crippen molar-refractivity contribution in [3.63, 3.8) is 0 Å². The van der Waals surface area contributed by atoms with Crippen LogP contribution in [0.1, 0.15) is 17.2 Å². The molecule has 0 aliphatic carbocycles. The summed E-state index contributed by atoms with van der Waals surface area (Å²) >= 11 is 6.27. The van der Waals surface area contributed by atoms with Gasteiger partial charge in [0.1, 0.15) is 5.75 Å². The summed E-state index contributed by atoms with van der Waals surface area (Å²) < 4.78 is 33.1. The van der Waals surface area contributed by atoms with E-state index in [4.69, 9.17) is 16.3 Å². The lowest BCUT2D eigenvalue weighted by molar-refractivity contribution is 0.299. The first-order valence-corrected chi connectivity index (χ1v) is 9.67. The molecule has 0 fully saturated rings. The molecule has 1 unspecified atom stereocenters. The molecule has 0 amide bonds. The number of ether oxygens (including phenoxy) is 1. The second-order valence-electron chi connectivity index (χ2n) is 5.98. The van der Waals surface area contributed by atoms with Crippen molar-refractivity contribution in [3.05, 3.63) is 58.6 Å². The molecule has 0 aliphatic heterocycles. The Labute approximate surface area is 154 Å². The van der Waals surface area contributed by atoms with Gasteiger partial charge in [-0.05, 0) is 56.4 Å². The van der Waals surface area contributed by atoms with E-state index in [9.17, 15) is 8.42 Å². The minimum absolute atomic E-state index is 0.178. The van der Waals surface area contributed by atoms with E-state index in [-0.39, 0.29) is 17.5 Å². The normalized spacial score (nSPS) is 13.0. The molecule has 0 heterocycles. The molecule has 25 heavy (non-hydrogen) atoms. The second-order valence-corrected chi connectivity index (χ2v) is 8.16. The van der Waals surface area contributed by atoms with Gasteiger partial charge in [0.2, 0.25) is 10.0 Å². The van der Waals surface area contributed by atoms with Crippen LogP contribution in [0.25, 0.3) is 0 Å². The maximum Gasteiger partial charge on any atom is 0.240 e. The van der Waals surface area contributed by atoms with Gasteiger partial charge in [-0.15, -0.1) is 0 Å². The molecule has 0 bridgehead atoms. The molecule has 1 atom stereocenters. The number of aryl methyl sites for hydroxylation is 1. The summed E-state index contributed by atoms with van der Waals surface area (Å²) in [7, 11) is 1.70. The number of nitrogens with zero attached hydrogens (tertiary/aromatic N) is 1. The number of rotatable bonds is 7. The molecule has 0 aromatic heterocycles. The zero-order valence-corrected chi connectivity index (χ0v) is 16.4. The Hall–Kier alpha value is -1.60. The summed E-state index contributed by atoms with van der Waals surface area (Å²) in [6, 6.07) is 12.1. The average molecular weight is 383 g/mol. The van der Waals surface area contributed by atoms with Gasteiger partial charge in [-0.2, -0.15) is 0 Å². The smallest absolute Gasteiger partial charge is 0.240 e. The van der Waals surface area contributed by atoms with Crippen molar-refractivity contribution in [1.82, 2.24) is 9.62 Å². The SMILES string of the molecule is COc1ccc(S(=O)(=O)NCC(c2ccccc2Cl)N(C)C)cc1C. The highest BCUT2D eigenvalue weighted by molar-refractivity contribution is 7.89. The maximum atomic E-state index is 12.6. The van der Waals surface area contributed by atoms with E-state index < -0.39 is 10.0 Å². The van der Waals surface area contributed by atoms with Gasteiger partial charge in [0.15, 0.2) is 0 Å². The van der Waals surface area contributed by atoms with Crippen LogP contribution >= 0.6 is 11.6 Å². The van der Waals surface area contributed by atoms with E-state index in [1.807, 2.05) is 44.1 Å². The van der Waals surface area contributed by atoms with Crippen LogP contribution in [0.4, 0.5) is 0 Å². The molecule has 7 heteroatoms. The third-order valence-corrected chi connectivity index (χ3v) is 5.80. The lowest BCUT2D eigenvalue weighted by atomic mass is 10.1. The third-order valence-electron chi connectivity index (χ3n) is 4.03. The Morgan fingerprint density at radius 3 is 2.44 bits per heavy atom. The molecule has 0 aliphatic rings. The number of halogens is 1. The summed E-state index contributed by atoms with van der Waals surface area (Å²) in [6.07, 6.45) is 0. The van der Waals surface area contributed by atoms with Crippen LogP contribution in [-0.2, 0) is 10.0 Å². The van der Waals surface area contributed by atoms with Crippen LogP contribution in [0.15, 0.2) is 47.4 Å². The summed E-state index contributed by atoms with van der Waals surface area (Å²) in [5.41, 5.74) is 1.64. The zero-order valence-electron chi connectivity index (χ0n) is 14.8. The van der Waals surface area contributed by atoms with E-state index >= 15 is 0 Å². The van der Waals surface area contributed by atoms with Crippen molar-refractivity contribution >= 4 is 21.6 Å². The zero-order chi connectivity index (χ0) is 18.6. The van der Waals surface area contributed by atoms with Crippen LogP contribution in [0.5, 0.6) is 5.75 Å². The molecule has 2 aromatic rings. The molecule has 0 saturated heterocycles. The van der Waals surface area contributed by atoms with Crippen molar-refractivity contribution in [3.8, 4) is 5.75 Å². The van der Waals surface area contributed by atoms with Crippen LogP contribution in [0.2, 0.25) is 5.02 Å². The van der Waals surface area contributed by atoms with E-state index in [0.29, 0.717) is 10.8 Å². The molecule has 1 N–H and O–H groups in total. The summed E-state index contributed by atoms with van der Waals surface area (Å²) in [4.78, 5) is 2.14. The first-order chi connectivity index (χ1) is 11.8. The Balaban J connectivity index is 2.22. The first-order valence-electron chi connectivity index (χ1n) is 7.81. The highest BCUT2D eigenvalue weighted by Crippen LogP contribution is 2.26. The molecular weight excluding hydrogens is 360 g/mol. The van der Waals surface area contributed by atoms with Crippen LogP contribution in [0, 0.1) is 6.92 Å². The van der Waals surface area contributed by atoms with Crippen molar-refractivity contribution in [2.75, 3.05) is 27.7 Å². The molecule has 136 valence electrons. The largest absolute Gasteiger partial charge is 0.496 e. The Kier molecular flexibility index (Phi) is 6.46. The van der Waals surface area contributed by atoms with Gasteiger partial charge in [-0.1, -0.05) is 29.8 Å². The number of benzene rings is 2. The Bertz CT molecular complexity index is 838. The number of methoxy groups -OCH3 is 1. The number of likely N-dealkylation sites (N-methyl/N-ethyl adjacent to an activating group) is 1. The highest BCUT2D eigenvalue weighted by atomic mass is 35.5. The molecule has 2 rings (SSSR count). The summed E-state index contributed by atoms with van der Waals surface area (Å²) in [5.74, 6) is 0.654. The maximum absolute atomic E-state index is 12.6. The average Bonchev–Trinajstić information content (AvgIpc) is 2.56. The molecule has 0 radical (unpaired) electrons. The molecule has 5 nitrogen and oxygen atoms in total. The number of hydrogen-bond donors (Lipinski definition) is 1. The van der Waals surface area contributed by atoms with Gasteiger partial charge in [0, 0.05) is 17.6 Å². The number of hydrogen-bond acceptors (Lipinski definition) is 4. The third kappa shape index (κ3) is 4.73. The lowest BCUT2D eigenvalue weighted by Crippen LogP contribution is -2.34. The fourth-order valence-corrected chi connectivity index (χ4v) is 3.99. The van der Waals surface area contributed by atoms with Crippen LogP contribution in [0.3, 0.4) is 0 Å². The summed E-state index contributed by atoms with van der Waals surface area (Å²) in [5, 5.41) is 0.612. The fraction of sp³-hybridized carbons (Fsp3) is 0.333. The van der Waals surface area contributed by atoms with Crippen LogP contribution in [-0.4, -0.2) is 41.1 Å². The van der Waals surface area contributed by atoms with E-state index in [2.05, 4.69) is 4.72 Å². The molecule has 2 aromatic carbocycles. The topological polar surface area (TPSA) is 58.6 Å². The van der Waals surface area contributed by atoms with E-state index in [0.717, 1.165) is 11.1 Å². The van der Waals surface area contributed by atoms with Gasteiger partial charge in [0.05, 0.1) is 12.0 Å². The van der Waals surface area contributed by atoms with Gasteiger partial charge < -0.3 is 9.64 Å². The Morgan fingerprint density at radius 1 is 1.20 bits per heavy atom. The lowest BCUT2D eigenvalue weighted by Gasteiger charge is -2.26. The summed E-state index contributed by atoms with van der Waals surface area (Å²) in [6.45, 7) is 2.02. The molecule has 0 spiro atoms. The van der Waals surface area contributed by atoms with Gasteiger partial charge >= 0.3 is 0 Å². The highest BCUT2D eigenvalue weighted by Gasteiger charge is 2.21. The predicted octanol–water partition coefficient (Wildman–Crippen LogP) is 3.24. The van der Waals surface area contributed by atoms with Crippen molar-refractivity contribution in [1.29, 1.82) is 0 Å². The number of nitrogens with one attached hydrogen (secondary N) is 1. The quantitative estimate of drug-likeness (QED) is 0.798. The number of sulfonamides is 1. The first kappa shape index (κ1) is 19.7.